The predicted octanol–water partition coefficient (Wildman–Crippen LogP) is 8.62. The zero-order valence-electron chi connectivity index (χ0n) is 18.1. The van der Waals surface area contributed by atoms with Crippen LogP contribution in [0, 0.1) is 0 Å². The van der Waals surface area contributed by atoms with Gasteiger partial charge in [-0.3, -0.25) is 0 Å². The number of hydrogen-bond donors (Lipinski definition) is 0. The molecule has 0 saturated carbocycles. The lowest BCUT2D eigenvalue weighted by Crippen LogP contribution is -2.25. The summed E-state index contributed by atoms with van der Waals surface area (Å²) in [5.74, 6) is -0.175. The molecular weight excluding hydrogens is 397 g/mol. The maximum absolute atomic E-state index is 12.5. The van der Waals surface area contributed by atoms with Crippen molar-refractivity contribution >= 4 is 5.57 Å². The third-order valence-corrected chi connectivity index (χ3v) is 6.01. The van der Waals surface area contributed by atoms with E-state index in [1.54, 1.807) is 12.1 Å². The molecule has 166 valence electrons. The number of allylic oxidation sites excluding steroid dienone is 4. The summed E-state index contributed by atoms with van der Waals surface area (Å²) in [6, 6.07) is 16.7. The molecule has 0 heterocycles. The van der Waals surface area contributed by atoms with E-state index in [1.165, 1.54) is 55.4 Å². The van der Waals surface area contributed by atoms with Crippen molar-refractivity contribution in [3.63, 3.8) is 0 Å². The fourth-order valence-corrected chi connectivity index (χ4v) is 4.28. The summed E-state index contributed by atoms with van der Waals surface area (Å²) >= 11 is 0. The fourth-order valence-electron chi connectivity index (χ4n) is 4.28. The molecule has 1 aliphatic carbocycles. The molecule has 0 bridgehead atoms. The van der Waals surface area contributed by atoms with Gasteiger partial charge in [-0.2, -0.15) is 0 Å². The van der Waals surface area contributed by atoms with E-state index < -0.39 is 6.36 Å². The molecule has 1 aliphatic rings. The second kappa shape index (κ2) is 10.7. The van der Waals surface area contributed by atoms with Gasteiger partial charge in [0.05, 0.1) is 0 Å². The van der Waals surface area contributed by atoms with E-state index in [2.05, 4.69) is 42.0 Å². The van der Waals surface area contributed by atoms with Gasteiger partial charge in [0.25, 0.3) is 0 Å². The Morgan fingerprint density at radius 3 is 2.16 bits per heavy atom. The minimum atomic E-state index is -4.67. The Labute approximate surface area is 183 Å². The first-order valence-electron chi connectivity index (χ1n) is 11.2. The first kappa shape index (κ1) is 23.2. The van der Waals surface area contributed by atoms with Crippen LogP contribution >= 0.6 is 0 Å². The first-order valence-corrected chi connectivity index (χ1v) is 11.2. The molecule has 0 fully saturated rings. The van der Waals surface area contributed by atoms with Crippen molar-refractivity contribution in [2.75, 3.05) is 0 Å². The lowest BCUT2D eigenvalue weighted by Gasteiger charge is -2.33. The first-order chi connectivity index (χ1) is 14.9. The second-order valence-corrected chi connectivity index (χ2v) is 8.31. The van der Waals surface area contributed by atoms with E-state index in [0.29, 0.717) is 0 Å². The maximum Gasteiger partial charge on any atom is 0.573 e. The zero-order valence-corrected chi connectivity index (χ0v) is 18.1. The normalized spacial score (nSPS) is 18.6. The molecule has 0 N–H and O–H groups in total. The highest BCUT2D eigenvalue weighted by atomic mass is 19.4. The van der Waals surface area contributed by atoms with Gasteiger partial charge in [-0.1, -0.05) is 106 Å². The molecule has 0 radical (unpaired) electrons. The minimum Gasteiger partial charge on any atom is -0.406 e. The van der Waals surface area contributed by atoms with Crippen LogP contribution < -0.4 is 4.74 Å². The molecule has 1 atom stereocenters. The van der Waals surface area contributed by atoms with Crippen LogP contribution in [0.2, 0.25) is 0 Å². The minimum absolute atomic E-state index is 0.175. The van der Waals surface area contributed by atoms with E-state index in [4.69, 9.17) is 0 Å². The van der Waals surface area contributed by atoms with Crippen molar-refractivity contribution in [1.29, 1.82) is 0 Å². The molecule has 2 aromatic rings. The third-order valence-electron chi connectivity index (χ3n) is 6.01. The molecule has 1 unspecified atom stereocenters. The lowest BCUT2D eigenvalue weighted by atomic mass is 9.70. The fraction of sp³-hybridized carbons (Fsp3) is 0.407. The van der Waals surface area contributed by atoms with Crippen molar-refractivity contribution in [2.24, 2.45) is 0 Å². The van der Waals surface area contributed by atoms with Crippen LogP contribution in [0.5, 0.6) is 5.75 Å². The van der Waals surface area contributed by atoms with Crippen LogP contribution in [0.1, 0.15) is 69.4 Å². The highest BCUT2D eigenvalue weighted by molar-refractivity contribution is 5.75. The van der Waals surface area contributed by atoms with Crippen molar-refractivity contribution < 1.29 is 17.9 Å². The number of hydrogen-bond acceptors (Lipinski definition) is 1. The van der Waals surface area contributed by atoms with Gasteiger partial charge in [-0.05, 0) is 41.7 Å². The molecule has 0 aliphatic heterocycles. The summed E-state index contributed by atoms with van der Waals surface area (Å²) in [4.78, 5) is 0. The van der Waals surface area contributed by atoms with Crippen molar-refractivity contribution in [3.05, 3.63) is 84.0 Å². The van der Waals surface area contributed by atoms with Gasteiger partial charge in [0, 0.05) is 5.41 Å². The number of alkyl halides is 3. The Morgan fingerprint density at radius 1 is 0.871 bits per heavy atom. The van der Waals surface area contributed by atoms with E-state index in [-0.39, 0.29) is 11.2 Å². The Balaban J connectivity index is 1.76. The molecule has 31 heavy (non-hydrogen) atoms. The van der Waals surface area contributed by atoms with E-state index >= 15 is 0 Å². The summed E-state index contributed by atoms with van der Waals surface area (Å²) in [5, 5.41) is 0. The molecule has 0 spiro atoms. The summed E-state index contributed by atoms with van der Waals surface area (Å²) < 4.78 is 41.6. The van der Waals surface area contributed by atoms with Crippen LogP contribution in [0.4, 0.5) is 13.2 Å². The van der Waals surface area contributed by atoms with Crippen LogP contribution in [-0.2, 0) is 5.41 Å². The number of halogens is 3. The van der Waals surface area contributed by atoms with Crippen molar-refractivity contribution in [2.45, 2.75) is 70.1 Å². The Hall–Kier alpha value is -2.49. The monoisotopic (exact) mass is 428 g/mol. The average Bonchev–Trinajstić information content (AvgIpc) is 2.76. The number of unbranched alkanes of at least 4 members (excludes halogenated alkanes) is 5. The second-order valence-electron chi connectivity index (χ2n) is 8.31. The molecule has 3 rings (SSSR count). The van der Waals surface area contributed by atoms with Crippen molar-refractivity contribution in [1.82, 2.24) is 0 Å². The van der Waals surface area contributed by atoms with E-state index in [0.717, 1.165) is 24.8 Å². The van der Waals surface area contributed by atoms with Gasteiger partial charge in [0.2, 0.25) is 0 Å². The summed E-state index contributed by atoms with van der Waals surface area (Å²) in [6.45, 7) is 2.21. The van der Waals surface area contributed by atoms with Gasteiger partial charge < -0.3 is 4.74 Å². The number of rotatable bonds is 10. The van der Waals surface area contributed by atoms with Crippen LogP contribution in [0.3, 0.4) is 0 Å². The summed E-state index contributed by atoms with van der Waals surface area (Å²) in [7, 11) is 0. The molecule has 1 nitrogen and oxygen atoms in total. The number of benzene rings is 2. The molecule has 4 heteroatoms. The van der Waals surface area contributed by atoms with Gasteiger partial charge >= 0.3 is 6.36 Å². The Morgan fingerprint density at radius 2 is 1.55 bits per heavy atom. The van der Waals surface area contributed by atoms with Gasteiger partial charge in [-0.15, -0.1) is 13.2 Å². The third kappa shape index (κ3) is 6.75. The van der Waals surface area contributed by atoms with Crippen LogP contribution in [0.25, 0.3) is 5.57 Å². The Bertz CT molecular complexity index is 866. The van der Waals surface area contributed by atoms with Gasteiger partial charge in [0.15, 0.2) is 0 Å². The van der Waals surface area contributed by atoms with Crippen molar-refractivity contribution in [3.8, 4) is 5.75 Å². The summed E-state index contributed by atoms with van der Waals surface area (Å²) in [5.41, 5.74) is 3.21. The lowest BCUT2D eigenvalue weighted by molar-refractivity contribution is -0.274. The topological polar surface area (TPSA) is 9.23 Å². The highest BCUT2D eigenvalue weighted by Crippen LogP contribution is 2.41. The largest absolute Gasteiger partial charge is 0.573 e. The van der Waals surface area contributed by atoms with Gasteiger partial charge in [0.1, 0.15) is 5.75 Å². The molecule has 0 saturated heterocycles. The van der Waals surface area contributed by atoms with E-state index in [9.17, 15) is 13.2 Å². The molecule has 2 aromatic carbocycles. The van der Waals surface area contributed by atoms with Crippen LogP contribution in [0.15, 0.2) is 72.8 Å². The molecule has 0 aromatic heterocycles. The van der Waals surface area contributed by atoms with Gasteiger partial charge in [-0.25, -0.2) is 0 Å². The quantitative estimate of drug-likeness (QED) is 0.344. The summed E-state index contributed by atoms with van der Waals surface area (Å²) in [6.07, 6.45) is 11.1. The maximum atomic E-state index is 12.5. The molecule has 0 amide bonds. The number of ether oxygens (including phenoxy) is 1. The average molecular weight is 429 g/mol. The SMILES string of the molecule is CCCCCCCCC1(c2ccc(OC(F)(F)F)cc2)C=CC(c2ccccc2)=CC1. The standard InChI is InChI=1S/C27H31F3O/c1-2-3-4-5-6-10-19-26(24-13-15-25(16-14-24)31-27(28,29)30)20-17-23(18-21-26)22-11-8-7-9-12-22/h7-9,11-18,20H,2-6,10,19,21H2,1H3. The Kier molecular flexibility index (Phi) is 8.00. The molecular formula is C27H31F3O. The zero-order chi connectivity index (χ0) is 22.2. The van der Waals surface area contributed by atoms with E-state index in [1.807, 2.05) is 18.2 Å². The highest BCUT2D eigenvalue weighted by Gasteiger charge is 2.33. The van der Waals surface area contributed by atoms with Crippen LogP contribution in [-0.4, -0.2) is 6.36 Å². The predicted molar refractivity (Wildman–Crippen MR) is 121 cm³/mol. The smallest absolute Gasteiger partial charge is 0.406 e.